The van der Waals surface area contributed by atoms with E-state index in [2.05, 4.69) is 10.3 Å². The van der Waals surface area contributed by atoms with Crippen LogP contribution in [0.15, 0.2) is 82.5 Å². The molecule has 168 valence electrons. The smallest absolute Gasteiger partial charge is 0.332 e. The molecule has 7 heteroatoms. The van der Waals surface area contributed by atoms with Gasteiger partial charge in [0.05, 0.1) is 29.7 Å². The SMILES string of the molecule is CC[C@H](C(=O)NCc1ccccn1)n1c(=O)n(Cc2ccccc2)c(=O)c2cc(C)ccc21. The number of rotatable bonds is 7. The van der Waals surface area contributed by atoms with Crippen molar-refractivity contribution in [3.63, 3.8) is 0 Å². The normalized spacial score (nSPS) is 11.9. The topological polar surface area (TPSA) is 86.0 Å². The second kappa shape index (κ2) is 9.65. The van der Waals surface area contributed by atoms with E-state index in [1.54, 1.807) is 18.3 Å². The van der Waals surface area contributed by atoms with Gasteiger partial charge in [-0.15, -0.1) is 0 Å². The molecule has 2 aromatic heterocycles. The first-order valence-corrected chi connectivity index (χ1v) is 11.0. The van der Waals surface area contributed by atoms with Crippen molar-refractivity contribution >= 4 is 16.8 Å². The first kappa shape index (κ1) is 22.2. The van der Waals surface area contributed by atoms with Crippen molar-refractivity contribution in [3.05, 3.63) is 111 Å². The monoisotopic (exact) mass is 442 g/mol. The van der Waals surface area contributed by atoms with Crippen LogP contribution in [0.3, 0.4) is 0 Å². The lowest BCUT2D eigenvalue weighted by Gasteiger charge is -2.22. The zero-order chi connectivity index (χ0) is 23.4. The Hall–Kier alpha value is -4.00. The number of hydrogen-bond acceptors (Lipinski definition) is 4. The zero-order valence-corrected chi connectivity index (χ0v) is 18.7. The number of amides is 1. The van der Waals surface area contributed by atoms with Crippen LogP contribution in [0.2, 0.25) is 0 Å². The van der Waals surface area contributed by atoms with Crippen LogP contribution in [0.4, 0.5) is 0 Å². The van der Waals surface area contributed by atoms with E-state index >= 15 is 0 Å². The molecule has 2 aromatic carbocycles. The van der Waals surface area contributed by atoms with Crippen LogP contribution in [0.1, 0.15) is 36.2 Å². The second-order valence-corrected chi connectivity index (χ2v) is 8.01. The standard InChI is InChI=1S/C26H26N4O3/c1-3-22(24(31)28-16-20-11-7-8-14-27-20)30-23-13-12-18(2)15-21(23)25(32)29(26(30)33)17-19-9-5-4-6-10-19/h4-15,22H,3,16-17H2,1-2H3,(H,28,31)/t22-/m1/s1. The van der Waals surface area contributed by atoms with Gasteiger partial charge in [0.15, 0.2) is 0 Å². The molecule has 2 heterocycles. The molecule has 1 atom stereocenters. The molecular weight excluding hydrogens is 416 g/mol. The Balaban J connectivity index is 1.81. The van der Waals surface area contributed by atoms with Gasteiger partial charge < -0.3 is 5.32 Å². The largest absolute Gasteiger partial charge is 0.349 e. The minimum absolute atomic E-state index is 0.133. The fourth-order valence-corrected chi connectivity index (χ4v) is 3.99. The molecule has 1 N–H and O–H groups in total. The first-order chi connectivity index (χ1) is 16.0. The van der Waals surface area contributed by atoms with Crippen molar-refractivity contribution in [2.75, 3.05) is 0 Å². The third kappa shape index (κ3) is 4.62. The van der Waals surface area contributed by atoms with Gasteiger partial charge in [0.1, 0.15) is 6.04 Å². The number of carbonyl (C=O) groups excluding carboxylic acids is 1. The van der Waals surface area contributed by atoms with E-state index in [-0.39, 0.29) is 24.6 Å². The van der Waals surface area contributed by atoms with Gasteiger partial charge >= 0.3 is 5.69 Å². The third-order valence-corrected chi connectivity index (χ3v) is 5.68. The Bertz CT molecular complexity index is 1390. The quantitative estimate of drug-likeness (QED) is 0.476. The van der Waals surface area contributed by atoms with Crippen LogP contribution in [0.25, 0.3) is 10.9 Å². The molecule has 4 rings (SSSR count). The highest BCUT2D eigenvalue weighted by Crippen LogP contribution is 2.18. The van der Waals surface area contributed by atoms with Crippen molar-refractivity contribution in [2.24, 2.45) is 0 Å². The number of carbonyl (C=O) groups is 1. The van der Waals surface area contributed by atoms with Crippen molar-refractivity contribution in [2.45, 2.75) is 39.4 Å². The maximum Gasteiger partial charge on any atom is 0.332 e. The molecule has 0 fully saturated rings. The van der Waals surface area contributed by atoms with Crippen LogP contribution < -0.4 is 16.6 Å². The fraction of sp³-hybridized carbons (Fsp3) is 0.231. The number of fused-ring (bicyclic) bond motifs is 1. The van der Waals surface area contributed by atoms with E-state index in [4.69, 9.17) is 0 Å². The molecule has 7 nitrogen and oxygen atoms in total. The summed E-state index contributed by atoms with van der Waals surface area (Å²) in [5.41, 5.74) is 2.07. The van der Waals surface area contributed by atoms with Crippen molar-refractivity contribution in [1.82, 2.24) is 19.4 Å². The van der Waals surface area contributed by atoms with E-state index in [0.29, 0.717) is 17.3 Å². The summed E-state index contributed by atoms with van der Waals surface area (Å²) in [6.45, 7) is 4.14. The number of benzene rings is 2. The van der Waals surface area contributed by atoms with Gasteiger partial charge in [-0.1, -0.05) is 55.0 Å². The van der Waals surface area contributed by atoms with E-state index in [1.807, 2.05) is 68.4 Å². The summed E-state index contributed by atoms with van der Waals surface area (Å²) in [6, 6.07) is 19.4. The van der Waals surface area contributed by atoms with Crippen LogP contribution >= 0.6 is 0 Å². The highest BCUT2D eigenvalue weighted by atomic mass is 16.2. The fourth-order valence-electron chi connectivity index (χ4n) is 3.99. The van der Waals surface area contributed by atoms with E-state index < -0.39 is 11.7 Å². The van der Waals surface area contributed by atoms with Crippen molar-refractivity contribution < 1.29 is 4.79 Å². The van der Waals surface area contributed by atoms with Crippen molar-refractivity contribution in [1.29, 1.82) is 0 Å². The molecule has 0 radical (unpaired) electrons. The molecular formula is C26H26N4O3. The van der Waals surface area contributed by atoms with Gasteiger partial charge in [-0.2, -0.15) is 0 Å². The Kier molecular flexibility index (Phi) is 6.49. The molecule has 0 aliphatic heterocycles. The minimum atomic E-state index is -0.769. The van der Waals surface area contributed by atoms with Gasteiger partial charge in [-0.3, -0.25) is 23.7 Å². The van der Waals surface area contributed by atoms with Gasteiger partial charge in [0.25, 0.3) is 5.56 Å². The predicted octanol–water partition coefficient (Wildman–Crippen LogP) is 3.18. The highest BCUT2D eigenvalue weighted by molar-refractivity contribution is 5.84. The Morgan fingerprint density at radius 2 is 1.79 bits per heavy atom. The summed E-state index contributed by atoms with van der Waals surface area (Å²) in [7, 11) is 0. The van der Waals surface area contributed by atoms with Crippen molar-refractivity contribution in [3.8, 4) is 0 Å². The average molecular weight is 443 g/mol. The number of aryl methyl sites for hydroxylation is 1. The molecule has 0 aliphatic carbocycles. The molecule has 0 saturated carbocycles. The summed E-state index contributed by atoms with van der Waals surface area (Å²) in [5, 5.41) is 3.31. The lowest BCUT2D eigenvalue weighted by atomic mass is 10.1. The lowest BCUT2D eigenvalue weighted by Crippen LogP contribution is -2.45. The number of pyridine rings is 1. The minimum Gasteiger partial charge on any atom is -0.349 e. The van der Waals surface area contributed by atoms with Crippen LogP contribution in [-0.4, -0.2) is 20.0 Å². The maximum atomic E-state index is 13.6. The van der Waals surface area contributed by atoms with Gasteiger partial charge in [0, 0.05) is 6.20 Å². The Labute approximate surface area is 191 Å². The number of nitrogens with one attached hydrogen (secondary N) is 1. The molecule has 0 spiro atoms. The van der Waals surface area contributed by atoms with E-state index in [9.17, 15) is 14.4 Å². The van der Waals surface area contributed by atoms with Crippen LogP contribution in [0.5, 0.6) is 0 Å². The van der Waals surface area contributed by atoms with Crippen LogP contribution in [-0.2, 0) is 17.9 Å². The molecule has 33 heavy (non-hydrogen) atoms. The summed E-state index contributed by atoms with van der Waals surface area (Å²) >= 11 is 0. The zero-order valence-electron chi connectivity index (χ0n) is 18.7. The molecule has 0 unspecified atom stereocenters. The van der Waals surface area contributed by atoms with E-state index in [1.165, 1.54) is 9.13 Å². The van der Waals surface area contributed by atoms with Gasteiger partial charge in [-0.05, 0) is 43.2 Å². The average Bonchev–Trinajstić information content (AvgIpc) is 2.84. The number of hydrogen-bond donors (Lipinski definition) is 1. The Morgan fingerprint density at radius 1 is 1.03 bits per heavy atom. The lowest BCUT2D eigenvalue weighted by molar-refractivity contribution is -0.124. The van der Waals surface area contributed by atoms with E-state index in [0.717, 1.165) is 16.8 Å². The molecule has 0 bridgehead atoms. The third-order valence-electron chi connectivity index (χ3n) is 5.68. The summed E-state index contributed by atoms with van der Waals surface area (Å²) in [4.78, 5) is 44.3. The summed E-state index contributed by atoms with van der Waals surface area (Å²) in [6.07, 6.45) is 2.05. The molecule has 4 aromatic rings. The number of nitrogens with zero attached hydrogens (tertiary/aromatic N) is 3. The maximum absolute atomic E-state index is 13.6. The Morgan fingerprint density at radius 3 is 2.48 bits per heavy atom. The molecule has 1 amide bonds. The predicted molar refractivity (Wildman–Crippen MR) is 128 cm³/mol. The second-order valence-electron chi connectivity index (χ2n) is 8.01. The summed E-state index contributed by atoms with van der Waals surface area (Å²) < 4.78 is 2.67. The van der Waals surface area contributed by atoms with Crippen LogP contribution in [0, 0.1) is 6.92 Å². The first-order valence-electron chi connectivity index (χ1n) is 11.0. The molecule has 0 saturated heterocycles. The number of aromatic nitrogens is 3. The highest BCUT2D eigenvalue weighted by Gasteiger charge is 2.24. The van der Waals surface area contributed by atoms with Gasteiger partial charge in [-0.25, -0.2) is 4.79 Å². The summed E-state index contributed by atoms with van der Waals surface area (Å²) in [5.74, 6) is -0.294. The van der Waals surface area contributed by atoms with Gasteiger partial charge in [0.2, 0.25) is 5.91 Å². The molecule has 0 aliphatic rings.